The van der Waals surface area contributed by atoms with Crippen LogP contribution in [0.5, 0.6) is 0 Å². The van der Waals surface area contributed by atoms with E-state index in [4.69, 9.17) is 4.74 Å². The minimum atomic E-state index is -3.44. The Hall–Kier alpha value is -0.660. The van der Waals surface area contributed by atoms with E-state index in [1.807, 2.05) is 7.05 Å². The van der Waals surface area contributed by atoms with Crippen LogP contribution in [-0.4, -0.2) is 57.7 Å². The fraction of sp³-hybridized carbons (Fsp3) is 0.933. The maximum atomic E-state index is 13.0. The normalized spacial score (nSPS) is 30.9. The van der Waals surface area contributed by atoms with Gasteiger partial charge in [-0.15, -0.1) is 0 Å². The van der Waals surface area contributed by atoms with E-state index in [9.17, 15) is 13.2 Å². The SMILES string of the molecule is CNCC1CCCN(S(=O)(=O)C2CCCCC2C(=O)OC)C1. The zero-order valence-corrected chi connectivity index (χ0v) is 14.4. The molecule has 0 radical (unpaired) electrons. The average Bonchev–Trinajstić information content (AvgIpc) is 2.54. The molecule has 128 valence electrons. The molecule has 0 spiro atoms. The second kappa shape index (κ2) is 7.75. The molecular formula is C15H28N2O4S. The number of hydrogen-bond donors (Lipinski definition) is 1. The largest absolute Gasteiger partial charge is 0.469 e. The minimum Gasteiger partial charge on any atom is -0.469 e. The summed E-state index contributed by atoms with van der Waals surface area (Å²) in [6, 6.07) is 0. The highest BCUT2D eigenvalue weighted by Crippen LogP contribution is 2.33. The standard InChI is InChI=1S/C15H28N2O4S/c1-16-10-12-6-5-9-17(11-12)22(19,20)14-8-4-3-7-13(14)15(18)21-2/h12-14,16H,3-11H2,1-2H3. The number of rotatable bonds is 5. The molecule has 1 N–H and O–H groups in total. The highest BCUT2D eigenvalue weighted by molar-refractivity contribution is 7.89. The van der Waals surface area contributed by atoms with Gasteiger partial charge in [0.1, 0.15) is 0 Å². The van der Waals surface area contributed by atoms with E-state index in [1.54, 1.807) is 4.31 Å². The lowest BCUT2D eigenvalue weighted by Gasteiger charge is -2.37. The predicted octanol–water partition coefficient (Wildman–Crippen LogP) is 0.979. The molecule has 0 amide bonds. The molecule has 3 atom stereocenters. The van der Waals surface area contributed by atoms with Crippen LogP contribution in [0.1, 0.15) is 38.5 Å². The van der Waals surface area contributed by atoms with Gasteiger partial charge in [0, 0.05) is 13.1 Å². The van der Waals surface area contributed by atoms with Crippen molar-refractivity contribution in [3.8, 4) is 0 Å². The number of hydrogen-bond acceptors (Lipinski definition) is 5. The lowest BCUT2D eigenvalue weighted by atomic mass is 9.89. The van der Waals surface area contributed by atoms with Gasteiger partial charge in [-0.25, -0.2) is 12.7 Å². The molecule has 2 aliphatic rings. The van der Waals surface area contributed by atoms with Crippen molar-refractivity contribution in [1.29, 1.82) is 0 Å². The van der Waals surface area contributed by atoms with Gasteiger partial charge in [-0.1, -0.05) is 12.8 Å². The van der Waals surface area contributed by atoms with Crippen molar-refractivity contribution in [3.63, 3.8) is 0 Å². The molecule has 0 aromatic carbocycles. The van der Waals surface area contributed by atoms with Gasteiger partial charge in [-0.2, -0.15) is 0 Å². The first-order valence-electron chi connectivity index (χ1n) is 8.22. The Morgan fingerprint density at radius 3 is 2.64 bits per heavy atom. The molecule has 2 rings (SSSR count). The van der Waals surface area contributed by atoms with Crippen LogP contribution in [0.15, 0.2) is 0 Å². The van der Waals surface area contributed by atoms with E-state index in [-0.39, 0.29) is 5.97 Å². The average molecular weight is 332 g/mol. The first-order valence-corrected chi connectivity index (χ1v) is 9.72. The molecule has 1 aliphatic carbocycles. The van der Waals surface area contributed by atoms with Crippen LogP contribution in [0, 0.1) is 11.8 Å². The Morgan fingerprint density at radius 2 is 1.95 bits per heavy atom. The van der Waals surface area contributed by atoms with Crippen molar-refractivity contribution >= 4 is 16.0 Å². The second-order valence-corrected chi connectivity index (χ2v) is 8.57. The van der Waals surface area contributed by atoms with E-state index in [0.29, 0.717) is 31.8 Å². The number of nitrogens with one attached hydrogen (secondary N) is 1. The maximum absolute atomic E-state index is 13.0. The number of piperidine rings is 1. The molecule has 2 fully saturated rings. The molecule has 22 heavy (non-hydrogen) atoms. The van der Waals surface area contributed by atoms with Crippen molar-refractivity contribution in [2.45, 2.75) is 43.8 Å². The summed E-state index contributed by atoms with van der Waals surface area (Å²) in [7, 11) is -0.207. The van der Waals surface area contributed by atoms with E-state index >= 15 is 0 Å². The van der Waals surface area contributed by atoms with Crippen LogP contribution in [-0.2, 0) is 19.6 Å². The number of nitrogens with zero attached hydrogens (tertiary/aromatic N) is 1. The molecule has 1 heterocycles. The molecule has 0 aromatic rings. The number of carbonyl (C=O) groups is 1. The molecular weight excluding hydrogens is 304 g/mol. The lowest BCUT2D eigenvalue weighted by Crippen LogP contribution is -2.50. The molecule has 7 heteroatoms. The fourth-order valence-corrected chi connectivity index (χ4v) is 6.09. The summed E-state index contributed by atoms with van der Waals surface area (Å²) in [5.74, 6) is -0.529. The summed E-state index contributed by atoms with van der Waals surface area (Å²) in [5.41, 5.74) is 0. The van der Waals surface area contributed by atoms with Crippen molar-refractivity contribution < 1.29 is 17.9 Å². The second-order valence-electron chi connectivity index (χ2n) is 6.42. The molecule has 6 nitrogen and oxygen atoms in total. The van der Waals surface area contributed by atoms with Gasteiger partial charge < -0.3 is 10.1 Å². The summed E-state index contributed by atoms with van der Waals surface area (Å²) < 4.78 is 32.5. The Kier molecular flexibility index (Phi) is 6.23. The topological polar surface area (TPSA) is 75.7 Å². The summed E-state index contributed by atoms with van der Waals surface area (Å²) >= 11 is 0. The number of esters is 1. The van der Waals surface area contributed by atoms with Crippen LogP contribution in [0.4, 0.5) is 0 Å². The molecule has 0 bridgehead atoms. The fourth-order valence-electron chi connectivity index (χ4n) is 3.78. The highest BCUT2D eigenvalue weighted by Gasteiger charge is 2.44. The molecule has 1 aliphatic heterocycles. The third-order valence-electron chi connectivity index (χ3n) is 4.92. The number of carbonyl (C=O) groups excluding carboxylic acids is 1. The zero-order chi connectivity index (χ0) is 16.2. The van der Waals surface area contributed by atoms with Crippen molar-refractivity contribution in [1.82, 2.24) is 9.62 Å². The van der Waals surface area contributed by atoms with Crippen LogP contribution < -0.4 is 5.32 Å². The van der Waals surface area contributed by atoms with Gasteiger partial charge in [0.15, 0.2) is 0 Å². The molecule has 1 saturated heterocycles. The molecule has 3 unspecified atom stereocenters. The van der Waals surface area contributed by atoms with Crippen LogP contribution in [0.25, 0.3) is 0 Å². The Labute approximate surface area is 133 Å². The number of sulfonamides is 1. The monoisotopic (exact) mass is 332 g/mol. The zero-order valence-electron chi connectivity index (χ0n) is 13.6. The van der Waals surface area contributed by atoms with Crippen LogP contribution in [0.2, 0.25) is 0 Å². The first kappa shape index (κ1) is 17.7. The van der Waals surface area contributed by atoms with E-state index < -0.39 is 21.2 Å². The lowest BCUT2D eigenvalue weighted by molar-refractivity contribution is -0.146. The third kappa shape index (κ3) is 3.81. The quantitative estimate of drug-likeness (QED) is 0.760. The van der Waals surface area contributed by atoms with Crippen molar-refractivity contribution in [3.05, 3.63) is 0 Å². The first-order chi connectivity index (χ1) is 10.5. The predicted molar refractivity (Wildman–Crippen MR) is 84.9 cm³/mol. The van der Waals surface area contributed by atoms with Gasteiger partial charge in [0.05, 0.1) is 18.3 Å². The Morgan fingerprint density at radius 1 is 1.23 bits per heavy atom. The van der Waals surface area contributed by atoms with Crippen LogP contribution in [0.3, 0.4) is 0 Å². The van der Waals surface area contributed by atoms with E-state index in [0.717, 1.165) is 32.2 Å². The van der Waals surface area contributed by atoms with E-state index in [2.05, 4.69) is 5.32 Å². The molecule has 1 saturated carbocycles. The Balaban J connectivity index is 2.14. The van der Waals surface area contributed by atoms with Gasteiger partial charge in [0.25, 0.3) is 0 Å². The smallest absolute Gasteiger partial charge is 0.310 e. The van der Waals surface area contributed by atoms with E-state index in [1.165, 1.54) is 7.11 Å². The summed E-state index contributed by atoms with van der Waals surface area (Å²) in [5, 5.41) is 2.52. The van der Waals surface area contributed by atoms with Crippen molar-refractivity contribution in [2.24, 2.45) is 11.8 Å². The maximum Gasteiger partial charge on any atom is 0.310 e. The van der Waals surface area contributed by atoms with Gasteiger partial charge in [0.2, 0.25) is 10.0 Å². The van der Waals surface area contributed by atoms with Crippen molar-refractivity contribution in [2.75, 3.05) is 33.8 Å². The van der Waals surface area contributed by atoms with Gasteiger partial charge in [-0.05, 0) is 45.2 Å². The number of methoxy groups -OCH3 is 1. The Bertz CT molecular complexity index is 478. The van der Waals surface area contributed by atoms with Crippen LogP contribution >= 0.6 is 0 Å². The van der Waals surface area contributed by atoms with Gasteiger partial charge in [-0.3, -0.25) is 4.79 Å². The summed E-state index contributed by atoms with van der Waals surface area (Å²) in [6.45, 7) is 1.97. The number of ether oxygens (including phenoxy) is 1. The summed E-state index contributed by atoms with van der Waals surface area (Å²) in [6.07, 6.45) is 4.89. The highest BCUT2D eigenvalue weighted by atomic mass is 32.2. The summed E-state index contributed by atoms with van der Waals surface area (Å²) in [4.78, 5) is 12.0. The third-order valence-corrected chi connectivity index (χ3v) is 7.30. The minimum absolute atomic E-state index is 0.355. The molecule has 0 aromatic heterocycles. The van der Waals surface area contributed by atoms with Gasteiger partial charge >= 0.3 is 5.97 Å².